The molecule has 1 unspecified atom stereocenters. The maximum atomic E-state index is 9.95. The highest BCUT2D eigenvalue weighted by Crippen LogP contribution is 2.14. The van der Waals surface area contributed by atoms with Gasteiger partial charge in [-0.25, -0.2) is 4.98 Å². The van der Waals surface area contributed by atoms with Gasteiger partial charge in [0.15, 0.2) is 0 Å². The summed E-state index contributed by atoms with van der Waals surface area (Å²) in [4.78, 5) is 4.01. The van der Waals surface area contributed by atoms with Crippen molar-refractivity contribution in [2.45, 2.75) is 116 Å². The highest BCUT2D eigenvalue weighted by atomic mass is 16.5. The molecule has 0 aliphatic rings. The van der Waals surface area contributed by atoms with E-state index in [1.54, 1.807) is 18.3 Å². The Labute approximate surface area is 196 Å². The third kappa shape index (κ3) is 16.1. The first-order valence-corrected chi connectivity index (χ1v) is 13.0. The minimum absolute atomic E-state index is 0.0741. The topological polar surface area (TPSA) is 75.4 Å². The number of ether oxygens (including phenoxy) is 2. The minimum atomic E-state index is -0.718. The number of hydrogen-bond acceptors (Lipinski definition) is 5. The minimum Gasteiger partial charge on any atom is -0.474 e. The van der Waals surface area contributed by atoms with Crippen LogP contribution in [-0.4, -0.2) is 36.0 Å². The molecule has 5 nitrogen and oxygen atoms in total. The zero-order valence-corrected chi connectivity index (χ0v) is 20.4. The molecular weight excluding hydrogens is 400 g/mol. The zero-order chi connectivity index (χ0) is 23.1. The number of nitrogens with zero attached hydrogens (tertiary/aromatic N) is 2. The van der Waals surface area contributed by atoms with Crippen molar-refractivity contribution in [1.29, 1.82) is 5.26 Å². The second-order valence-electron chi connectivity index (χ2n) is 8.81. The van der Waals surface area contributed by atoms with Gasteiger partial charge in [-0.15, -0.1) is 0 Å². The second kappa shape index (κ2) is 21.2. The van der Waals surface area contributed by atoms with Crippen LogP contribution in [0.5, 0.6) is 5.88 Å². The van der Waals surface area contributed by atoms with E-state index in [0.29, 0.717) is 12.2 Å². The smallest absolute Gasteiger partial charge is 0.231 e. The summed E-state index contributed by atoms with van der Waals surface area (Å²) in [7, 11) is 0. The summed E-state index contributed by atoms with van der Waals surface area (Å²) < 4.78 is 11.0. The molecular formula is C27H46N2O3. The van der Waals surface area contributed by atoms with E-state index in [0.717, 1.165) is 6.42 Å². The first-order valence-electron chi connectivity index (χ1n) is 13.0. The van der Waals surface area contributed by atoms with E-state index < -0.39 is 6.10 Å². The molecule has 1 aromatic rings. The van der Waals surface area contributed by atoms with Gasteiger partial charge in [-0.1, -0.05) is 103 Å². The average Bonchev–Trinajstić information content (AvgIpc) is 2.82. The second-order valence-corrected chi connectivity index (χ2v) is 8.81. The van der Waals surface area contributed by atoms with Crippen molar-refractivity contribution in [3.8, 4) is 11.9 Å². The quantitative estimate of drug-likeness (QED) is 0.195. The SMILES string of the molecule is CCCCCCCCCCCCCCCCCCOCC(O)COc1ncccc1C#N. The van der Waals surface area contributed by atoms with E-state index in [1.807, 2.05) is 6.07 Å². The highest BCUT2D eigenvalue weighted by Gasteiger charge is 2.09. The van der Waals surface area contributed by atoms with Gasteiger partial charge in [-0.05, 0) is 18.6 Å². The zero-order valence-electron chi connectivity index (χ0n) is 20.4. The van der Waals surface area contributed by atoms with Crippen LogP contribution in [0.1, 0.15) is 115 Å². The third-order valence-electron chi connectivity index (χ3n) is 5.76. The van der Waals surface area contributed by atoms with Gasteiger partial charge in [0.05, 0.1) is 6.61 Å². The molecule has 0 aromatic carbocycles. The number of aromatic nitrogens is 1. The van der Waals surface area contributed by atoms with Gasteiger partial charge in [0, 0.05) is 12.8 Å². The lowest BCUT2D eigenvalue weighted by atomic mass is 10.0. The molecule has 32 heavy (non-hydrogen) atoms. The molecule has 0 radical (unpaired) electrons. The molecule has 0 aliphatic carbocycles. The fourth-order valence-corrected chi connectivity index (χ4v) is 3.79. The summed E-state index contributed by atoms with van der Waals surface area (Å²) in [5.74, 6) is 0.256. The Balaban J connectivity index is 1.80. The molecule has 0 bridgehead atoms. The lowest BCUT2D eigenvalue weighted by Crippen LogP contribution is -2.24. The molecule has 5 heteroatoms. The van der Waals surface area contributed by atoms with E-state index in [-0.39, 0.29) is 19.1 Å². The van der Waals surface area contributed by atoms with Crippen LogP contribution in [0.4, 0.5) is 0 Å². The number of pyridine rings is 1. The molecule has 1 aromatic heterocycles. The Morgan fingerprint density at radius 1 is 0.844 bits per heavy atom. The van der Waals surface area contributed by atoms with Gasteiger partial charge >= 0.3 is 0 Å². The molecule has 0 fully saturated rings. The normalized spacial score (nSPS) is 11.9. The Morgan fingerprint density at radius 2 is 1.38 bits per heavy atom. The van der Waals surface area contributed by atoms with Crippen LogP contribution in [0.15, 0.2) is 18.3 Å². The standard InChI is InChI=1S/C27H46N2O3/c1-2-3-4-5-6-7-8-9-10-11-12-13-14-15-16-17-21-31-23-26(30)24-32-27-25(22-28)19-18-20-29-27/h18-20,26,30H,2-17,21,23-24H2,1H3. The van der Waals surface area contributed by atoms with Crippen LogP contribution in [-0.2, 0) is 4.74 Å². The molecule has 182 valence electrons. The molecule has 0 spiro atoms. The number of unbranched alkanes of at least 4 members (excludes halogenated alkanes) is 15. The van der Waals surface area contributed by atoms with Crippen molar-refractivity contribution in [1.82, 2.24) is 4.98 Å². The molecule has 1 heterocycles. The monoisotopic (exact) mass is 446 g/mol. The van der Waals surface area contributed by atoms with Crippen LogP contribution in [0.2, 0.25) is 0 Å². The number of rotatable bonds is 22. The summed E-state index contributed by atoms with van der Waals surface area (Å²) >= 11 is 0. The molecule has 0 saturated carbocycles. The maximum absolute atomic E-state index is 9.95. The molecule has 1 N–H and O–H groups in total. The van der Waals surface area contributed by atoms with Crippen molar-refractivity contribution in [3.63, 3.8) is 0 Å². The largest absolute Gasteiger partial charge is 0.474 e. The van der Waals surface area contributed by atoms with Gasteiger partial charge in [-0.3, -0.25) is 0 Å². The van der Waals surface area contributed by atoms with Crippen molar-refractivity contribution in [2.75, 3.05) is 19.8 Å². The number of hydrogen-bond donors (Lipinski definition) is 1. The summed E-state index contributed by atoms with van der Waals surface area (Å²) in [6, 6.07) is 5.35. The van der Waals surface area contributed by atoms with Gasteiger partial charge < -0.3 is 14.6 Å². The van der Waals surface area contributed by atoms with Crippen molar-refractivity contribution in [3.05, 3.63) is 23.9 Å². The van der Waals surface area contributed by atoms with Crippen LogP contribution >= 0.6 is 0 Å². The lowest BCUT2D eigenvalue weighted by Gasteiger charge is -2.12. The van der Waals surface area contributed by atoms with E-state index in [9.17, 15) is 5.11 Å². The predicted molar refractivity (Wildman–Crippen MR) is 131 cm³/mol. The number of nitriles is 1. The lowest BCUT2D eigenvalue weighted by molar-refractivity contribution is 0.0100. The first kappa shape index (κ1) is 28.4. The van der Waals surface area contributed by atoms with Gasteiger partial charge in [0.2, 0.25) is 5.88 Å². The van der Waals surface area contributed by atoms with Gasteiger partial charge in [0.25, 0.3) is 0 Å². The molecule has 1 rings (SSSR count). The Kier molecular flexibility index (Phi) is 18.8. The van der Waals surface area contributed by atoms with Crippen LogP contribution < -0.4 is 4.74 Å². The molecule has 0 aliphatic heterocycles. The molecule has 1 atom stereocenters. The Bertz CT molecular complexity index is 589. The summed E-state index contributed by atoms with van der Waals surface area (Å²) in [6.45, 7) is 3.26. The molecule has 0 saturated heterocycles. The van der Waals surface area contributed by atoms with Crippen molar-refractivity contribution in [2.24, 2.45) is 0 Å². The van der Waals surface area contributed by atoms with Gasteiger partial charge in [-0.2, -0.15) is 5.26 Å². The van der Waals surface area contributed by atoms with E-state index >= 15 is 0 Å². The molecule has 0 amide bonds. The number of aliphatic hydroxyl groups excluding tert-OH is 1. The van der Waals surface area contributed by atoms with E-state index in [2.05, 4.69) is 11.9 Å². The van der Waals surface area contributed by atoms with Crippen molar-refractivity contribution >= 4 is 0 Å². The average molecular weight is 447 g/mol. The fraction of sp³-hybridized carbons (Fsp3) is 0.778. The third-order valence-corrected chi connectivity index (χ3v) is 5.76. The van der Waals surface area contributed by atoms with Crippen LogP contribution in [0.25, 0.3) is 0 Å². The summed E-state index contributed by atoms with van der Waals surface area (Å²) in [6.07, 6.45) is 22.5. The van der Waals surface area contributed by atoms with Crippen LogP contribution in [0, 0.1) is 11.3 Å². The maximum Gasteiger partial charge on any atom is 0.231 e. The Hall–Kier alpha value is -1.64. The summed E-state index contributed by atoms with van der Waals surface area (Å²) in [5, 5.41) is 18.9. The number of aliphatic hydroxyl groups is 1. The van der Waals surface area contributed by atoms with Crippen molar-refractivity contribution < 1.29 is 14.6 Å². The van der Waals surface area contributed by atoms with Gasteiger partial charge in [0.1, 0.15) is 24.3 Å². The predicted octanol–water partition coefficient (Wildman–Crippen LogP) is 6.97. The highest BCUT2D eigenvalue weighted by molar-refractivity contribution is 5.36. The van der Waals surface area contributed by atoms with E-state index in [4.69, 9.17) is 14.7 Å². The van der Waals surface area contributed by atoms with Crippen LogP contribution in [0.3, 0.4) is 0 Å². The van der Waals surface area contributed by atoms with E-state index in [1.165, 1.54) is 96.3 Å². The fourth-order valence-electron chi connectivity index (χ4n) is 3.79. The summed E-state index contributed by atoms with van der Waals surface area (Å²) in [5.41, 5.74) is 0.369. The Morgan fingerprint density at radius 3 is 1.91 bits per heavy atom. The first-order chi connectivity index (χ1) is 15.8.